The summed E-state index contributed by atoms with van der Waals surface area (Å²) in [6, 6.07) is 13.5. The summed E-state index contributed by atoms with van der Waals surface area (Å²) in [6.07, 6.45) is 0.825. The van der Waals surface area contributed by atoms with Gasteiger partial charge in [0.2, 0.25) is 0 Å². The lowest BCUT2D eigenvalue weighted by atomic mass is 9.49. The van der Waals surface area contributed by atoms with Gasteiger partial charge >= 0.3 is 0 Å². The average molecular weight is 423 g/mol. The Balaban J connectivity index is 1.59. The zero-order valence-corrected chi connectivity index (χ0v) is 18.9. The van der Waals surface area contributed by atoms with E-state index in [0.29, 0.717) is 22.9 Å². The molecule has 1 fully saturated rings. The number of fused-ring (bicyclic) bond motifs is 1. The predicted octanol–water partition coefficient (Wildman–Crippen LogP) is 5.61. The molecule has 0 bridgehead atoms. The molecule has 1 aliphatic heterocycles. The molecule has 0 N–H and O–H groups in total. The minimum atomic E-state index is -0.241. The van der Waals surface area contributed by atoms with Crippen LogP contribution in [-0.4, -0.2) is 23.0 Å². The number of ether oxygens (including phenoxy) is 1. The molecule has 4 nitrogen and oxygen atoms in total. The highest BCUT2D eigenvalue weighted by molar-refractivity contribution is 6.31. The monoisotopic (exact) mass is 422 g/mol. The summed E-state index contributed by atoms with van der Waals surface area (Å²) in [7, 11) is 0. The predicted molar refractivity (Wildman–Crippen MR) is 118 cm³/mol. The average Bonchev–Trinajstić information content (AvgIpc) is 3.00. The first kappa shape index (κ1) is 20.8. The van der Waals surface area contributed by atoms with Crippen molar-refractivity contribution in [2.75, 3.05) is 0 Å². The van der Waals surface area contributed by atoms with Gasteiger partial charge in [0.25, 0.3) is 5.91 Å². The van der Waals surface area contributed by atoms with Crippen molar-refractivity contribution in [2.24, 2.45) is 10.8 Å². The Bertz CT molecular complexity index is 1050. The van der Waals surface area contributed by atoms with Gasteiger partial charge in [0.1, 0.15) is 17.9 Å². The zero-order valence-electron chi connectivity index (χ0n) is 18.1. The number of amides is 1. The smallest absolute Gasteiger partial charge is 0.254 e. The van der Waals surface area contributed by atoms with Crippen LogP contribution in [0.25, 0.3) is 0 Å². The molecule has 156 valence electrons. The molecule has 0 radical (unpaired) electrons. The van der Waals surface area contributed by atoms with Crippen molar-refractivity contribution in [3.05, 3.63) is 63.7 Å². The normalized spacial score (nSPS) is 23.5. The van der Waals surface area contributed by atoms with Gasteiger partial charge in [-0.25, -0.2) is 0 Å². The van der Waals surface area contributed by atoms with Crippen LogP contribution in [0.2, 0.25) is 5.02 Å². The van der Waals surface area contributed by atoms with Gasteiger partial charge in [-0.3, -0.25) is 4.79 Å². The highest BCUT2D eigenvalue weighted by atomic mass is 35.5. The van der Waals surface area contributed by atoms with Crippen molar-refractivity contribution in [1.82, 2.24) is 4.90 Å². The van der Waals surface area contributed by atoms with Gasteiger partial charge in [0.05, 0.1) is 10.6 Å². The number of carbonyl (C=O) groups is 1. The van der Waals surface area contributed by atoms with Gasteiger partial charge in [0, 0.05) is 35.0 Å². The van der Waals surface area contributed by atoms with Crippen LogP contribution in [0.3, 0.4) is 0 Å². The van der Waals surface area contributed by atoms with E-state index in [4.69, 9.17) is 21.6 Å². The van der Waals surface area contributed by atoms with E-state index in [-0.39, 0.29) is 28.9 Å². The molecule has 2 aliphatic rings. The summed E-state index contributed by atoms with van der Waals surface area (Å²) in [6.45, 7) is 11.4. The first-order chi connectivity index (χ1) is 14.1. The first-order valence-electron chi connectivity index (χ1n) is 10.4. The molecule has 1 aliphatic carbocycles. The number of halogens is 1. The molecule has 2 aromatic rings. The molecule has 4 rings (SSSR count). The van der Waals surface area contributed by atoms with Gasteiger partial charge in [0.15, 0.2) is 0 Å². The Morgan fingerprint density at radius 2 is 1.87 bits per heavy atom. The third kappa shape index (κ3) is 2.99. The van der Waals surface area contributed by atoms with Gasteiger partial charge < -0.3 is 9.64 Å². The molecule has 1 heterocycles. The second-order valence-electron chi connectivity index (χ2n) is 9.57. The van der Waals surface area contributed by atoms with E-state index in [1.807, 2.05) is 11.0 Å². The first-order valence-corrected chi connectivity index (χ1v) is 10.8. The second-order valence-corrected chi connectivity index (χ2v) is 9.98. The molecule has 0 aromatic heterocycles. The van der Waals surface area contributed by atoms with E-state index >= 15 is 0 Å². The summed E-state index contributed by atoms with van der Waals surface area (Å²) >= 11 is 6.19. The minimum absolute atomic E-state index is 0.0498. The van der Waals surface area contributed by atoms with Gasteiger partial charge in [-0.15, -0.1) is 0 Å². The molecular formula is C25H27ClN2O2. The van der Waals surface area contributed by atoms with Gasteiger partial charge in [-0.2, -0.15) is 5.26 Å². The molecular weight excluding hydrogens is 396 g/mol. The van der Waals surface area contributed by atoms with Crippen molar-refractivity contribution in [1.29, 1.82) is 5.26 Å². The standard InChI is InChI=1S/C25H27ClN2O2/c1-6-15-7-8-17-14-28(21(29)19(17)11-15)22-24(2,3)23(25(22,4)5)30-18-10-9-16(13-27)20(26)12-18/h7-12,22-23H,6,14H2,1-5H3/t22-,23-. The van der Waals surface area contributed by atoms with Crippen molar-refractivity contribution in [2.45, 2.75) is 59.7 Å². The molecule has 1 saturated carbocycles. The molecule has 5 heteroatoms. The summed E-state index contributed by atoms with van der Waals surface area (Å²) in [5.41, 5.74) is 3.08. The number of nitrogens with zero attached hydrogens (tertiary/aromatic N) is 2. The highest BCUT2D eigenvalue weighted by Crippen LogP contribution is 2.59. The number of aryl methyl sites for hydroxylation is 1. The van der Waals surface area contributed by atoms with Crippen LogP contribution in [-0.2, 0) is 13.0 Å². The lowest BCUT2D eigenvalue weighted by Crippen LogP contribution is -2.74. The Morgan fingerprint density at radius 3 is 2.47 bits per heavy atom. The minimum Gasteiger partial charge on any atom is -0.489 e. The van der Waals surface area contributed by atoms with Crippen LogP contribution in [0.1, 0.15) is 61.7 Å². The van der Waals surface area contributed by atoms with E-state index in [1.54, 1.807) is 18.2 Å². The maximum Gasteiger partial charge on any atom is 0.254 e. The van der Waals surface area contributed by atoms with Crippen molar-refractivity contribution in [3.63, 3.8) is 0 Å². The fourth-order valence-electron chi connectivity index (χ4n) is 5.81. The van der Waals surface area contributed by atoms with Crippen molar-refractivity contribution >= 4 is 17.5 Å². The summed E-state index contributed by atoms with van der Waals surface area (Å²) in [5.74, 6) is 0.763. The quantitative estimate of drug-likeness (QED) is 0.643. The Morgan fingerprint density at radius 1 is 1.17 bits per heavy atom. The van der Waals surface area contributed by atoms with E-state index in [0.717, 1.165) is 17.5 Å². The Hall–Kier alpha value is -2.51. The topological polar surface area (TPSA) is 53.3 Å². The zero-order chi connectivity index (χ0) is 21.8. The third-order valence-electron chi connectivity index (χ3n) is 6.80. The number of benzene rings is 2. The highest BCUT2D eigenvalue weighted by Gasteiger charge is 2.66. The third-order valence-corrected chi connectivity index (χ3v) is 7.11. The summed E-state index contributed by atoms with van der Waals surface area (Å²) in [4.78, 5) is 15.3. The van der Waals surface area contributed by atoms with Gasteiger partial charge in [-0.1, -0.05) is 58.4 Å². The second kappa shape index (κ2) is 7.03. The molecule has 0 spiro atoms. The van der Waals surface area contributed by atoms with Crippen LogP contribution < -0.4 is 4.74 Å². The number of hydrogen-bond acceptors (Lipinski definition) is 3. The number of carbonyl (C=O) groups excluding carboxylic acids is 1. The fraction of sp³-hybridized carbons (Fsp3) is 0.440. The number of nitriles is 1. The molecule has 2 aromatic carbocycles. The number of hydrogen-bond donors (Lipinski definition) is 0. The van der Waals surface area contributed by atoms with Crippen LogP contribution in [0.15, 0.2) is 36.4 Å². The summed E-state index contributed by atoms with van der Waals surface area (Å²) in [5, 5.41) is 9.48. The number of rotatable bonds is 4. The maximum atomic E-state index is 13.3. The molecule has 30 heavy (non-hydrogen) atoms. The lowest BCUT2D eigenvalue weighted by molar-refractivity contribution is -0.199. The summed E-state index contributed by atoms with van der Waals surface area (Å²) < 4.78 is 6.37. The van der Waals surface area contributed by atoms with Crippen LogP contribution in [0.5, 0.6) is 5.75 Å². The fourth-order valence-corrected chi connectivity index (χ4v) is 6.02. The van der Waals surface area contributed by atoms with Crippen LogP contribution >= 0.6 is 11.6 Å². The molecule has 1 amide bonds. The molecule has 0 atom stereocenters. The van der Waals surface area contributed by atoms with Crippen LogP contribution in [0, 0.1) is 22.2 Å². The largest absolute Gasteiger partial charge is 0.489 e. The maximum absolute atomic E-state index is 13.3. The molecule has 0 unspecified atom stereocenters. The van der Waals surface area contributed by atoms with Crippen LogP contribution in [0.4, 0.5) is 0 Å². The Kier molecular flexibility index (Phi) is 4.86. The van der Waals surface area contributed by atoms with E-state index in [2.05, 4.69) is 52.8 Å². The van der Waals surface area contributed by atoms with E-state index < -0.39 is 0 Å². The van der Waals surface area contributed by atoms with E-state index in [9.17, 15) is 4.79 Å². The van der Waals surface area contributed by atoms with Crippen molar-refractivity contribution in [3.8, 4) is 11.8 Å². The van der Waals surface area contributed by atoms with E-state index in [1.165, 1.54) is 5.56 Å². The molecule has 0 saturated heterocycles. The van der Waals surface area contributed by atoms with Crippen molar-refractivity contribution < 1.29 is 9.53 Å². The SMILES string of the molecule is CCc1ccc2c(c1)C(=O)N([C@H]1C(C)(C)[C@H](Oc3ccc(C#N)c(Cl)c3)C1(C)C)C2. The van der Waals surface area contributed by atoms with Gasteiger partial charge in [-0.05, 0) is 35.7 Å². The Labute approximate surface area is 183 Å². The lowest BCUT2D eigenvalue weighted by Gasteiger charge is -2.65.